The molecule has 0 fully saturated rings. The average molecular weight is 400 g/mol. The molecule has 1 aliphatic heterocycles. The molecule has 0 spiro atoms. The van der Waals surface area contributed by atoms with Gasteiger partial charge in [0, 0.05) is 37.4 Å². The Hall–Kier alpha value is -2.97. The normalized spacial score (nSPS) is 14.6. The van der Waals surface area contributed by atoms with Gasteiger partial charge in [0.1, 0.15) is 18.0 Å². The number of nitro groups is 1. The van der Waals surface area contributed by atoms with Crippen molar-refractivity contribution in [1.29, 1.82) is 0 Å². The maximum atomic E-state index is 10.9. The van der Waals surface area contributed by atoms with Crippen LogP contribution in [-0.2, 0) is 13.1 Å². The maximum absolute atomic E-state index is 10.9. The van der Waals surface area contributed by atoms with E-state index in [1.54, 1.807) is 10.8 Å². The van der Waals surface area contributed by atoms with Gasteiger partial charge in [-0.05, 0) is 33.7 Å². The van der Waals surface area contributed by atoms with Gasteiger partial charge in [0.2, 0.25) is 0 Å². The number of nitrogens with zero attached hydrogens (tertiary/aromatic N) is 5. The lowest BCUT2D eigenvalue weighted by Crippen LogP contribution is -2.33. The van der Waals surface area contributed by atoms with Crippen molar-refractivity contribution in [2.45, 2.75) is 13.1 Å². The van der Waals surface area contributed by atoms with E-state index in [0.717, 1.165) is 30.8 Å². The summed E-state index contributed by atoms with van der Waals surface area (Å²) in [6.45, 7) is 3.27. The predicted octanol–water partition coefficient (Wildman–Crippen LogP) is 3.40. The molecule has 0 radical (unpaired) electrons. The number of halogens is 1. The van der Waals surface area contributed by atoms with E-state index in [-0.39, 0.29) is 5.82 Å². The van der Waals surface area contributed by atoms with Crippen molar-refractivity contribution in [2.24, 2.45) is 0 Å². The molecule has 3 aromatic rings. The number of benzene rings is 1. The molecule has 0 amide bonds. The molecule has 1 aliphatic rings. The number of aromatic nitrogens is 3. The minimum Gasteiger partial charge on any atom is -0.444 e. The highest BCUT2D eigenvalue weighted by Gasteiger charge is 2.22. The molecule has 0 aliphatic carbocycles. The van der Waals surface area contributed by atoms with Crippen molar-refractivity contribution < 1.29 is 9.66 Å². The topological polar surface area (TPSA) is 86.3 Å². The van der Waals surface area contributed by atoms with Gasteiger partial charge in [-0.1, -0.05) is 35.9 Å². The Balaban J connectivity index is 1.42. The van der Waals surface area contributed by atoms with Gasteiger partial charge in [-0.3, -0.25) is 9.47 Å². The van der Waals surface area contributed by atoms with Gasteiger partial charge in [-0.15, -0.1) is 0 Å². The van der Waals surface area contributed by atoms with E-state index < -0.39 is 4.92 Å². The van der Waals surface area contributed by atoms with Crippen LogP contribution in [0.15, 0.2) is 48.8 Å². The molecule has 0 atom stereocenters. The van der Waals surface area contributed by atoms with Crippen molar-refractivity contribution >= 4 is 17.4 Å². The van der Waals surface area contributed by atoms with Crippen molar-refractivity contribution in [3.8, 4) is 17.1 Å². The van der Waals surface area contributed by atoms with Crippen molar-refractivity contribution in [2.75, 3.05) is 19.7 Å². The van der Waals surface area contributed by atoms with Crippen LogP contribution in [-0.4, -0.2) is 44.1 Å². The van der Waals surface area contributed by atoms with Crippen LogP contribution in [0.5, 0.6) is 6.01 Å². The summed E-state index contributed by atoms with van der Waals surface area (Å²) in [5.74, 6) is -0.185. The van der Waals surface area contributed by atoms with Crippen LogP contribution in [0.1, 0.15) is 5.56 Å². The van der Waals surface area contributed by atoms with Gasteiger partial charge in [-0.2, -0.15) is 0 Å². The zero-order valence-electron chi connectivity index (χ0n) is 15.0. The summed E-state index contributed by atoms with van der Waals surface area (Å²) < 4.78 is 7.30. The van der Waals surface area contributed by atoms with E-state index in [1.165, 1.54) is 11.8 Å². The van der Waals surface area contributed by atoms with Crippen molar-refractivity contribution in [3.63, 3.8) is 0 Å². The highest BCUT2D eigenvalue weighted by atomic mass is 35.5. The van der Waals surface area contributed by atoms with Crippen LogP contribution < -0.4 is 4.74 Å². The number of hydrogen-bond acceptors (Lipinski definition) is 6. The van der Waals surface area contributed by atoms with Crippen LogP contribution in [0.4, 0.5) is 5.82 Å². The Morgan fingerprint density at radius 3 is 2.71 bits per heavy atom. The van der Waals surface area contributed by atoms with E-state index in [9.17, 15) is 10.1 Å². The quantitative estimate of drug-likeness (QED) is 0.379. The molecule has 0 bridgehead atoms. The molecule has 3 heterocycles. The second kappa shape index (κ2) is 7.95. The molecule has 1 aromatic carbocycles. The van der Waals surface area contributed by atoms with Crippen LogP contribution >= 0.6 is 11.6 Å². The number of hydrogen-bond donors (Lipinski definition) is 0. The van der Waals surface area contributed by atoms with E-state index in [0.29, 0.717) is 24.3 Å². The van der Waals surface area contributed by atoms with Crippen LogP contribution in [0, 0.1) is 10.1 Å². The Bertz CT molecular complexity index is 989. The maximum Gasteiger partial charge on any atom is 0.414 e. The van der Waals surface area contributed by atoms with E-state index in [1.807, 2.05) is 12.1 Å². The zero-order chi connectivity index (χ0) is 19.5. The Morgan fingerprint density at radius 1 is 1.14 bits per heavy atom. The third-order valence-corrected chi connectivity index (χ3v) is 4.84. The molecule has 144 valence electrons. The predicted molar refractivity (Wildman–Crippen MR) is 104 cm³/mol. The van der Waals surface area contributed by atoms with Gasteiger partial charge in [-0.25, -0.2) is 4.98 Å². The smallest absolute Gasteiger partial charge is 0.414 e. The summed E-state index contributed by atoms with van der Waals surface area (Å²) in [6.07, 6.45) is 3.12. The highest BCUT2D eigenvalue weighted by Crippen LogP contribution is 2.23. The van der Waals surface area contributed by atoms with Gasteiger partial charge in [0.25, 0.3) is 0 Å². The number of imidazole rings is 1. The summed E-state index contributed by atoms with van der Waals surface area (Å²) in [6, 6.07) is 12.4. The fraction of sp³-hybridized carbons (Fsp3) is 0.263. The summed E-state index contributed by atoms with van der Waals surface area (Å²) in [5, 5.41) is 11.4. The standard InChI is InChI=1S/C19H18ClN5O3/c20-17-11-16(5-6-21-17)15-3-1-14(2-4-15)12-23-7-8-24-13-18(25(26)27)22-19(24)28-10-9-23/h1-6,11,13H,7-10,12H2. The van der Waals surface area contributed by atoms with E-state index in [4.69, 9.17) is 16.3 Å². The largest absolute Gasteiger partial charge is 0.444 e. The number of rotatable bonds is 4. The lowest BCUT2D eigenvalue weighted by Gasteiger charge is -2.24. The van der Waals surface area contributed by atoms with Crippen molar-refractivity contribution in [1.82, 2.24) is 19.4 Å². The molecule has 0 saturated heterocycles. The molecule has 28 heavy (non-hydrogen) atoms. The van der Waals surface area contributed by atoms with Crippen LogP contribution in [0.3, 0.4) is 0 Å². The second-order valence-electron chi connectivity index (χ2n) is 6.52. The summed E-state index contributed by atoms with van der Waals surface area (Å²) in [4.78, 5) is 20.6. The highest BCUT2D eigenvalue weighted by molar-refractivity contribution is 6.29. The van der Waals surface area contributed by atoms with E-state index in [2.05, 4.69) is 39.1 Å². The summed E-state index contributed by atoms with van der Waals surface area (Å²) in [5.41, 5.74) is 3.29. The molecule has 4 rings (SSSR count). The first-order chi connectivity index (χ1) is 13.6. The lowest BCUT2D eigenvalue weighted by molar-refractivity contribution is -0.389. The Kier molecular flexibility index (Phi) is 5.23. The zero-order valence-corrected chi connectivity index (χ0v) is 15.7. The molecule has 9 heteroatoms. The monoisotopic (exact) mass is 399 g/mol. The van der Waals surface area contributed by atoms with E-state index >= 15 is 0 Å². The van der Waals surface area contributed by atoms with Crippen LogP contribution in [0.2, 0.25) is 5.15 Å². The fourth-order valence-corrected chi connectivity index (χ4v) is 3.35. The SMILES string of the molecule is O=[N+]([O-])c1cn2c(n1)OCCN(Cc1ccc(-c3ccnc(Cl)c3)cc1)CC2. The minimum atomic E-state index is -0.503. The first kappa shape index (κ1) is 18.4. The number of ether oxygens (including phenoxy) is 1. The number of pyridine rings is 1. The second-order valence-corrected chi connectivity index (χ2v) is 6.91. The molecular weight excluding hydrogens is 382 g/mol. The molecular formula is C19H18ClN5O3. The first-order valence-electron chi connectivity index (χ1n) is 8.86. The van der Waals surface area contributed by atoms with Gasteiger partial charge in [0.15, 0.2) is 0 Å². The van der Waals surface area contributed by atoms with Gasteiger partial charge < -0.3 is 14.9 Å². The molecule has 0 saturated carbocycles. The van der Waals surface area contributed by atoms with Gasteiger partial charge >= 0.3 is 11.8 Å². The lowest BCUT2D eigenvalue weighted by atomic mass is 10.0. The third-order valence-electron chi connectivity index (χ3n) is 4.63. The number of fused-ring (bicyclic) bond motifs is 1. The third kappa shape index (κ3) is 4.13. The van der Waals surface area contributed by atoms with Gasteiger partial charge in [0.05, 0.1) is 0 Å². The minimum absolute atomic E-state index is 0.185. The molecule has 2 aromatic heterocycles. The fourth-order valence-electron chi connectivity index (χ4n) is 3.18. The first-order valence-corrected chi connectivity index (χ1v) is 9.24. The average Bonchev–Trinajstić information content (AvgIpc) is 3.07. The molecule has 0 unspecified atom stereocenters. The van der Waals surface area contributed by atoms with Crippen LogP contribution in [0.25, 0.3) is 11.1 Å². The van der Waals surface area contributed by atoms with Crippen molar-refractivity contribution in [3.05, 3.63) is 69.6 Å². The summed E-state index contributed by atoms with van der Waals surface area (Å²) in [7, 11) is 0. The molecule has 0 N–H and O–H groups in total. The summed E-state index contributed by atoms with van der Waals surface area (Å²) >= 11 is 5.97. The Labute approximate surface area is 166 Å². The molecule has 8 nitrogen and oxygen atoms in total. The Morgan fingerprint density at radius 2 is 1.96 bits per heavy atom.